The molecule has 0 amide bonds. The Morgan fingerprint density at radius 3 is 3.07 bits per heavy atom. The van der Waals surface area contributed by atoms with Gasteiger partial charge in [0.1, 0.15) is 12.0 Å². The lowest BCUT2D eigenvalue weighted by molar-refractivity contribution is -0.144. The Hall–Kier alpha value is -0.140. The number of halogens is 2. The molecule has 0 aromatic rings. The van der Waals surface area contributed by atoms with E-state index in [1.165, 1.54) is 0 Å². The van der Waals surface area contributed by atoms with Crippen molar-refractivity contribution in [2.24, 2.45) is 0 Å². The van der Waals surface area contributed by atoms with Crippen molar-refractivity contribution in [2.75, 3.05) is 5.88 Å². The Bertz CT molecular complexity index is 327. The van der Waals surface area contributed by atoms with E-state index >= 15 is 0 Å². The molecule has 2 aliphatic rings. The number of ether oxygens (including phenoxy) is 2. The molecule has 76 valence electrons. The average molecular weight is 328 g/mol. The van der Waals surface area contributed by atoms with Crippen molar-refractivity contribution in [3.63, 3.8) is 0 Å². The van der Waals surface area contributed by atoms with Crippen molar-refractivity contribution in [2.45, 2.75) is 18.3 Å². The van der Waals surface area contributed by atoms with Crippen LogP contribution in [-0.4, -0.2) is 35.9 Å². The summed E-state index contributed by atoms with van der Waals surface area (Å²) in [5, 5.41) is 0. The van der Waals surface area contributed by atoms with Crippen LogP contribution in [0.3, 0.4) is 0 Å². The maximum atomic E-state index is 11.3. The van der Waals surface area contributed by atoms with Crippen LogP contribution in [0.5, 0.6) is 0 Å². The number of fused-ring (bicyclic) bond motifs is 1. The summed E-state index contributed by atoms with van der Waals surface area (Å²) in [6.45, 7) is 0. The SMILES string of the molecule is O=C(CCl)O[C@@H]1C=C(I)C(=O)[C@H]2O[C@H]21. The van der Waals surface area contributed by atoms with Gasteiger partial charge < -0.3 is 9.47 Å². The molecule has 0 aromatic heterocycles. The maximum Gasteiger partial charge on any atom is 0.321 e. The third-order valence-electron chi connectivity index (χ3n) is 2.03. The van der Waals surface area contributed by atoms with Crippen molar-refractivity contribution in [3.05, 3.63) is 9.66 Å². The predicted octanol–water partition coefficient (Wildman–Crippen LogP) is 0.806. The van der Waals surface area contributed by atoms with Gasteiger partial charge in [0, 0.05) is 0 Å². The molecule has 14 heavy (non-hydrogen) atoms. The Labute approximate surface area is 98.7 Å². The third-order valence-corrected chi connectivity index (χ3v) is 3.14. The molecule has 1 fully saturated rings. The lowest BCUT2D eigenvalue weighted by Gasteiger charge is -2.14. The van der Waals surface area contributed by atoms with Crippen molar-refractivity contribution in [1.82, 2.24) is 0 Å². The molecule has 3 atom stereocenters. The zero-order valence-electron chi connectivity index (χ0n) is 6.91. The fourth-order valence-corrected chi connectivity index (χ4v) is 2.05. The van der Waals surface area contributed by atoms with E-state index in [2.05, 4.69) is 0 Å². The van der Waals surface area contributed by atoms with Gasteiger partial charge in [-0.2, -0.15) is 0 Å². The smallest absolute Gasteiger partial charge is 0.321 e. The van der Waals surface area contributed by atoms with Crippen LogP contribution >= 0.6 is 34.2 Å². The fraction of sp³-hybridized carbons (Fsp3) is 0.500. The van der Waals surface area contributed by atoms with Gasteiger partial charge in [0.05, 0.1) is 3.58 Å². The zero-order chi connectivity index (χ0) is 10.3. The first-order valence-corrected chi connectivity index (χ1v) is 5.57. The van der Waals surface area contributed by atoms with Crippen molar-refractivity contribution >= 4 is 45.9 Å². The lowest BCUT2D eigenvalue weighted by Crippen LogP contribution is -2.30. The second kappa shape index (κ2) is 3.79. The third kappa shape index (κ3) is 1.80. The van der Waals surface area contributed by atoms with E-state index in [1.54, 1.807) is 6.08 Å². The van der Waals surface area contributed by atoms with Crippen LogP contribution in [0.1, 0.15) is 0 Å². The van der Waals surface area contributed by atoms with E-state index in [-0.39, 0.29) is 17.8 Å². The molecule has 2 rings (SSSR count). The molecule has 1 aliphatic heterocycles. The van der Waals surface area contributed by atoms with Crippen LogP contribution in [0.2, 0.25) is 0 Å². The van der Waals surface area contributed by atoms with Crippen molar-refractivity contribution < 1.29 is 19.1 Å². The molecule has 0 radical (unpaired) electrons. The quantitative estimate of drug-likeness (QED) is 0.326. The number of carbonyl (C=O) groups is 2. The Morgan fingerprint density at radius 1 is 1.71 bits per heavy atom. The lowest BCUT2D eigenvalue weighted by atomic mass is 10.0. The number of carbonyl (C=O) groups excluding carboxylic acids is 2. The highest BCUT2D eigenvalue weighted by Crippen LogP contribution is 2.37. The number of hydrogen-bond acceptors (Lipinski definition) is 4. The van der Waals surface area contributed by atoms with E-state index in [1.807, 2.05) is 22.6 Å². The number of ketones is 1. The van der Waals surface area contributed by atoms with Gasteiger partial charge in [0.25, 0.3) is 0 Å². The standard InChI is InChI=1S/C8H6ClIO4/c9-2-5(11)13-4-1-3(10)6(12)8-7(4)14-8/h1,4,7-8H,2H2/t4-,7+,8-/m1/s1. The summed E-state index contributed by atoms with van der Waals surface area (Å²) >= 11 is 7.20. The molecule has 1 saturated heterocycles. The number of hydrogen-bond donors (Lipinski definition) is 0. The van der Waals surface area contributed by atoms with Gasteiger partial charge in [-0.25, -0.2) is 0 Å². The largest absolute Gasteiger partial charge is 0.454 e. The van der Waals surface area contributed by atoms with Crippen molar-refractivity contribution in [3.8, 4) is 0 Å². The molecule has 0 spiro atoms. The number of esters is 1. The molecule has 1 heterocycles. The summed E-state index contributed by atoms with van der Waals surface area (Å²) in [7, 11) is 0. The number of Topliss-reactive ketones (excluding diaryl/α,β-unsaturated/α-hetero) is 1. The van der Waals surface area contributed by atoms with Crippen LogP contribution in [0.15, 0.2) is 9.66 Å². The summed E-state index contributed by atoms with van der Waals surface area (Å²) < 4.78 is 10.6. The molecule has 4 nitrogen and oxygen atoms in total. The van der Waals surface area contributed by atoms with E-state index in [9.17, 15) is 9.59 Å². The predicted molar refractivity (Wildman–Crippen MR) is 56.4 cm³/mol. The number of rotatable bonds is 2. The molecule has 6 heteroatoms. The van der Waals surface area contributed by atoms with E-state index in [0.29, 0.717) is 3.58 Å². The number of epoxide rings is 1. The monoisotopic (exact) mass is 328 g/mol. The van der Waals surface area contributed by atoms with Crippen LogP contribution in [-0.2, 0) is 19.1 Å². The minimum Gasteiger partial charge on any atom is -0.454 e. The average Bonchev–Trinajstić information content (AvgIpc) is 2.93. The molecular weight excluding hydrogens is 322 g/mol. The minimum absolute atomic E-state index is 0.0335. The van der Waals surface area contributed by atoms with Gasteiger partial charge in [-0.05, 0) is 28.7 Å². The highest BCUT2D eigenvalue weighted by atomic mass is 127. The normalized spacial score (nSPS) is 34.6. The first-order valence-electron chi connectivity index (χ1n) is 3.96. The van der Waals surface area contributed by atoms with Gasteiger partial charge in [-0.1, -0.05) is 0 Å². The van der Waals surface area contributed by atoms with Crippen LogP contribution in [0.25, 0.3) is 0 Å². The van der Waals surface area contributed by atoms with Crippen LogP contribution in [0, 0.1) is 0 Å². The van der Waals surface area contributed by atoms with E-state index in [4.69, 9.17) is 21.1 Å². The maximum absolute atomic E-state index is 11.3. The Kier molecular flexibility index (Phi) is 2.81. The zero-order valence-corrected chi connectivity index (χ0v) is 9.82. The summed E-state index contributed by atoms with van der Waals surface area (Å²) in [6, 6.07) is 0. The van der Waals surface area contributed by atoms with Crippen LogP contribution in [0.4, 0.5) is 0 Å². The van der Waals surface area contributed by atoms with E-state index in [0.717, 1.165) is 0 Å². The molecule has 0 unspecified atom stereocenters. The first-order chi connectivity index (χ1) is 6.63. The summed E-state index contributed by atoms with van der Waals surface area (Å²) in [5.74, 6) is -0.721. The molecular formula is C8H6ClIO4. The van der Waals surface area contributed by atoms with Crippen molar-refractivity contribution in [1.29, 1.82) is 0 Å². The van der Waals surface area contributed by atoms with Gasteiger partial charge in [-0.15, -0.1) is 11.6 Å². The Morgan fingerprint density at radius 2 is 2.43 bits per heavy atom. The second-order valence-corrected chi connectivity index (χ2v) is 4.42. The van der Waals surface area contributed by atoms with Gasteiger partial charge in [-0.3, -0.25) is 9.59 Å². The number of alkyl halides is 1. The molecule has 0 saturated carbocycles. The summed E-state index contributed by atoms with van der Waals surface area (Å²) in [6.07, 6.45) is 0.422. The second-order valence-electron chi connectivity index (χ2n) is 2.99. The highest BCUT2D eigenvalue weighted by Gasteiger charge is 2.54. The molecule has 0 N–H and O–H groups in total. The fourth-order valence-electron chi connectivity index (χ4n) is 1.33. The molecule has 1 aliphatic carbocycles. The highest BCUT2D eigenvalue weighted by molar-refractivity contribution is 14.1. The first kappa shape index (κ1) is 10.4. The van der Waals surface area contributed by atoms with Gasteiger partial charge in [0.2, 0.25) is 0 Å². The van der Waals surface area contributed by atoms with Gasteiger partial charge in [0.15, 0.2) is 18.0 Å². The molecule has 0 aromatic carbocycles. The van der Waals surface area contributed by atoms with E-state index < -0.39 is 18.2 Å². The topological polar surface area (TPSA) is 55.9 Å². The summed E-state index contributed by atoms with van der Waals surface area (Å²) in [5.41, 5.74) is 0. The minimum atomic E-state index is -0.499. The van der Waals surface area contributed by atoms with Gasteiger partial charge >= 0.3 is 5.97 Å². The van der Waals surface area contributed by atoms with Crippen LogP contribution < -0.4 is 0 Å². The summed E-state index contributed by atoms with van der Waals surface area (Å²) in [4.78, 5) is 22.2. The Balaban J connectivity index is 2.07. The molecule has 0 bridgehead atoms.